The third kappa shape index (κ3) is 5.46. The third-order valence-electron chi connectivity index (χ3n) is 5.51. The molecule has 4 nitrogen and oxygen atoms in total. The largest absolute Gasteiger partial charge is 0.435 e. The molecule has 0 aliphatic rings. The zero-order valence-electron chi connectivity index (χ0n) is 19.4. The summed E-state index contributed by atoms with van der Waals surface area (Å²) < 4.78 is 120. The van der Waals surface area contributed by atoms with Crippen LogP contribution < -0.4 is 10.6 Å². The molecule has 0 radical (unpaired) electrons. The van der Waals surface area contributed by atoms with Gasteiger partial charge in [-0.25, -0.2) is 13.2 Å². The van der Waals surface area contributed by atoms with Crippen LogP contribution in [0.2, 0.25) is 0 Å². The summed E-state index contributed by atoms with van der Waals surface area (Å²) in [5, 5.41) is 4.66. The second-order valence-corrected chi connectivity index (χ2v) is 8.25. The van der Waals surface area contributed by atoms with Crippen molar-refractivity contribution in [3.63, 3.8) is 0 Å². The molecule has 0 saturated heterocycles. The fourth-order valence-electron chi connectivity index (χ4n) is 3.64. The summed E-state index contributed by atoms with van der Waals surface area (Å²) in [6.45, 7) is 2.18. The summed E-state index contributed by atoms with van der Waals surface area (Å²) in [5.41, 5.74) is -8.59. The highest BCUT2D eigenvalue weighted by molar-refractivity contribution is 6.08. The van der Waals surface area contributed by atoms with Crippen LogP contribution in [0.3, 0.4) is 0 Å². The van der Waals surface area contributed by atoms with Gasteiger partial charge in [0.05, 0.1) is 5.56 Å². The number of hydrogen-bond donors (Lipinski definition) is 2. The Morgan fingerprint density at radius 1 is 0.711 bits per heavy atom. The van der Waals surface area contributed by atoms with E-state index < -0.39 is 52.6 Å². The van der Waals surface area contributed by atoms with Crippen molar-refractivity contribution in [2.24, 2.45) is 0 Å². The summed E-state index contributed by atoms with van der Waals surface area (Å²) in [4.78, 5) is 25.1. The van der Waals surface area contributed by atoms with E-state index in [0.29, 0.717) is 18.2 Å². The first-order valence-corrected chi connectivity index (χ1v) is 10.6. The zero-order valence-corrected chi connectivity index (χ0v) is 19.4. The zero-order chi connectivity index (χ0) is 28.6. The molecule has 0 bridgehead atoms. The molecule has 0 heterocycles. The van der Waals surface area contributed by atoms with Gasteiger partial charge in [-0.1, -0.05) is 18.2 Å². The highest BCUT2D eigenvalue weighted by atomic mass is 19.4. The minimum absolute atomic E-state index is 0.0211. The Balaban J connectivity index is 1.87. The van der Waals surface area contributed by atoms with Crippen LogP contribution in [0.5, 0.6) is 0 Å². The Kier molecular flexibility index (Phi) is 7.53. The fourth-order valence-corrected chi connectivity index (χ4v) is 3.64. The number of hydrogen-bond acceptors (Lipinski definition) is 2. The Hall–Kier alpha value is -4.03. The second-order valence-electron chi connectivity index (χ2n) is 8.25. The highest BCUT2D eigenvalue weighted by Crippen LogP contribution is 2.53. The summed E-state index contributed by atoms with van der Waals surface area (Å²) in [6, 6.07) is 8.09. The first-order chi connectivity index (χ1) is 17.5. The van der Waals surface area contributed by atoms with Gasteiger partial charge in [-0.05, 0) is 55.3 Å². The van der Waals surface area contributed by atoms with E-state index in [4.69, 9.17) is 0 Å². The van der Waals surface area contributed by atoms with Crippen molar-refractivity contribution in [1.82, 2.24) is 0 Å². The van der Waals surface area contributed by atoms with E-state index in [1.807, 2.05) is 0 Å². The normalized spacial score (nSPS) is 12.3. The van der Waals surface area contributed by atoms with Crippen molar-refractivity contribution in [3.8, 4) is 0 Å². The van der Waals surface area contributed by atoms with Crippen LogP contribution in [0.25, 0.3) is 0 Å². The molecule has 3 rings (SSSR count). The molecule has 3 aromatic carbocycles. The van der Waals surface area contributed by atoms with Gasteiger partial charge >= 0.3 is 18.0 Å². The minimum atomic E-state index is -6.30. The predicted molar refractivity (Wildman–Crippen MR) is 120 cm³/mol. The average molecular weight is 548 g/mol. The van der Waals surface area contributed by atoms with Crippen molar-refractivity contribution in [1.29, 1.82) is 0 Å². The lowest BCUT2D eigenvalue weighted by Gasteiger charge is -2.31. The maximum absolute atomic E-state index is 14.5. The molecular weight excluding hydrogens is 531 g/mol. The molecule has 38 heavy (non-hydrogen) atoms. The number of halogens is 9. The molecule has 2 N–H and O–H groups in total. The first kappa shape index (κ1) is 28.5. The van der Waals surface area contributed by atoms with Gasteiger partial charge in [-0.15, -0.1) is 0 Å². The number of alkyl halides is 7. The highest BCUT2D eigenvalue weighted by Gasteiger charge is 2.73. The van der Waals surface area contributed by atoms with Crippen molar-refractivity contribution in [3.05, 3.63) is 94.0 Å². The minimum Gasteiger partial charge on any atom is -0.322 e. The van der Waals surface area contributed by atoms with E-state index in [9.17, 15) is 49.1 Å². The molecule has 0 unspecified atom stereocenters. The van der Waals surface area contributed by atoms with E-state index in [-0.39, 0.29) is 28.1 Å². The number of carbonyl (C=O) groups is 2. The standard InChI is InChI=1S/C25H17F9N2O2/c1-12-8-15(23(28,24(29,30)31)25(32,33)34)9-13(2)20(12)36-21(37)14-4-3-5-17(10-14)35-22(38)18-7-6-16(26)11-19(18)27/h3-11H,1-2H3,(H,35,38)(H,36,37). The van der Waals surface area contributed by atoms with Crippen LogP contribution in [-0.2, 0) is 5.67 Å². The second kappa shape index (κ2) is 10.0. The lowest BCUT2D eigenvalue weighted by Crippen LogP contribution is -2.50. The SMILES string of the molecule is Cc1cc(C(F)(C(F)(F)F)C(F)(F)F)cc(C)c1NC(=O)c1cccc(NC(=O)c2ccc(F)cc2F)c1. The number of anilines is 2. The van der Waals surface area contributed by atoms with Gasteiger partial charge in [0.2, 0.25) is 0 Å². The van der Waals surface area contributed by atoms with Crippen LogP contribution in [0.4, 0.5) is 50.9 Å². The monoisotopic (exact) mass is 548 g/mol. The number of nitrogens with one attached hydrogen (secondary N) is 2. The molecular formula is C25H17F9N2O2. The Labute approximate surface area is 209 Å². The Bertz CT molecular complexity index is 1360. The van der Waals surface area contributed by atoms with E-state index in [0.717, 1.165) is 32.0 Å². The fraction of sp³-hybridized carbons (Fsp3) is 0.200. The number of amides is 2. The molecule has 13 heteroatoms. The number of benzene rings is 3. The molecule has 0 saturated carbocycles. The van der Waals surface area contributed by atoms with Crippen LogP contribution >= 0.6 is 0 Å². The van der Waals surface area contributed by atoms with Gasteiger partial charge < -0.3 is 10.6 Å². The van der Waals surface area contributed by atoms with Gasteiger partial charge in [-0.2, -0.15) is 26.3 Å². The molecule has 0 aliphatic heterocycles. The predicted octanol–water partition coefficient (Wildman–Crippen LogP) is 7.38. The quantitative estimate of drug-likeness (QED) is 0.327. The van der Waals surface area contributed by atoms with Crippen molar-refractivity contribution < 1.29 is 49.1 Å². The van der Waals surface area contributed by atoms with E-state index in [1.54, 1.807) is 0 Å². The molecule has 0 fully saturated rings. The molecule has 3 aromatic rings. The number of carbonyl (C=O) groups excluding carboxylic acids is 2. The van der Waals surface area contributed by atoms with Gasteiger partial charge in [0.1, 0.15) is 11.6 Å². The summed E-state index contributed by atoms with van der Waals surface area (Å²) >= 11 is 0. The smallest absolute Gasteiger partial charge is 0.322 e. The Morgan fingerprint density at radius 3 is 1.82 bits per heavy atom. The van der Waals surface area contributed by atoms with Gasteiger partial charge in [-0.3, -0.25) is 9.59 Å². The molecule has 202 valence electrons. The molecule has 2 amide bonds. The summed E-state index contributed by atoms with van der Waals surface area (Å²) in [5.74, 6) is -3.85. The number of rotatable bonds is 5. The van der Waals surface area contributed by atoms with Crippen LogP contribution in [0.15, 0.2) is 54.6 Å². The summed E-state index contributed by atoms with van der Waals surface area (Å²) in [7, 11) is 0. The molecule has 0 atom stereocenters. The lowest BCUT2D eigenvalue weighted by atomic mass is 9.90. The maximum Gasteiger partial charge on any atom is 0.435 e. The molecule has 0 aromatic heterocycles. The van der Waals surface area contributed by atoms with Crippen molar-refractivity contribution in [2.45, 2.75) is 31.9 Å². The van der Waals surface area contributed by atoms with Gasteiger partial charge in [0.15, 0.2) is 0 Å². The van der Waals surface area contributed by atoms with Gasteiger partial charge in [0, 0.05) is 28.6 Å². The van der Waals surface area contributed by atoms with Crippen LogP contribution in [0.1, 0.15) is 37.4 Å². The van der Waals surface area contributed by atoms with Crippen LogP contribution in [-0.4, -0.2) is 24.2 Å². The van der Waals surface area contributed by atoms with Gasteiger partial charge in [0.25, 0.3) is 11.8 Å². The van der Waals surface area contributed by atoms with Crippen molar-refractivity contribution in [2.75, 3.05) is 10.6 Å². The number of aryl methyl sites for hydroxylation is 2. The topological polar surface area (TPSA) is 58.2 Å². The van der Waals surface area contributed by atoms with Crippen LogP contribution in [0, 0.1) is 25.5 Å². The lowest BCUT2D eigenvalue weighted by molar-refractivity contribution is -0.348. The molecule has 0 spiro atoms. The van der Waals surface area contributed by atoms with E-state index >= 15 is 0 Å². The first-order valence-electron chi connectivity index (χ1n) is 10.6. The van der Waals surface area contributed by atoms with Crippen molar-refractivity contribution >= 4 is 23.2 Å². The maximum atomic E-state index is 14.5. The average Bonchev–Trinajstić information content (AvgIpc) is 2.79. The summed E-state index contributed by atoms with van der Waals surface area (Å²) in [6.07, 6.45) is -12.6. The van der Waals surface area contributed by atoms with E-state index in [2.05, 4.69) is 10.6 Å². The Morgan fingerprint density at radius 2 is 1.29 bits per heavy atom. The third-order valence-corrected chi connectivity index (χ3v) is 5.51. The van der Waals surface area contributed by atoms with E-state index in [1.165, 1.54) is 18.2 Å². The molecule has 0 aliphatic carbocycles.